The van der Waals surface area contributed by atoms with E-state index in [9.17, 15) is 4.79 Å². The number of amides is 1. The quantitative estimate of drug-likeness (QED) is 0.885. The minimum Gasteiger partial charge on any atom is -0.486 e. The van der Waals surface area contributed by atoms with E-state index in [0.29, 0.717) is 25.8 Å². The topological polar surface area (TPSA) is 59.6 Å². The van der Waals surface area contributed by atoms with E-state index in [4.69, 9.17) is 9.47 Å². The summed E-state index contributed by atoms with van der Waals surface area (Å²) in [5, 5.41) is 6.40. The molecule has 114 valence electrons. The van der Waals surface area contributed by atoms with E-state index in [1.807, 2.05) is 18.2 Å². The number of nitrogens with one attached hydrogen (secondary N) is 2. The van der Waals surface area contributed by atoms with Crippen LogP contribution in [0.25, 0.3) is 0 Å². The van der Waals surface area contributed by atoms with Gasteiger partial charge in [0, 0.05) is 18.5 Å². The van der Waals surface area contributed by atoms with Crippen molar-refractivity contribution in [1.82, 2.24) is 10.6 Å². The molecule has 2 atom stereocenters. The van der Waals surface area contributed by atoms with Crippen LogP contribution in [0.5, 0.6) is 11.5 Å². The molecule has 1 aromatic carbocycles. The van der Waals surface area contributed by atoms with Crippen LogP contribution in [0.1, 0.15) is 25.3 Å². The summed E-state index contributed by atoms with van der Waals surface area (Å²) in [4.78, 5) is 12.2. The number of carbonyl (C=O) groups excluding carboxylic acids is 1. The van der Waals surface area contributed by atoms with E-state index in [-0.39, 0.29) is 11.8 Å². The lowest BCUT2D eigenvalue weighted by molar-refractivity contribution is -0.126. The lowest BCUT2D eigenvalue weighted by atomic mass is 9.92. The van der Waals surface area contributed by atoms with Gasteiger partial charge in [-0.1, -0.05) is 6.07 Å². The fourth-order valence-electron chi connectivity index (χ4n) is 2.90. The van der Waals surface area contributed by atoms with Crippen LogP contribution in [0.15, 0.2) is 18.2 Å². The van der Waals surface area contributed by atoms with Crippen molar-refractivity contribution in [3.8, 4) is 11.5 Å². The van der Waals surface area contributed by atoms with Gasteiger partial charge in [0.2, 0.25) is 5.91 Å². The normalized spacial score (nSPS) is 24.4. The minimum absolute atomic E-state index is 0.124. The van der Waals surface area contributed by atoms with E-state index >= 15 is 0 Å². The van der Waals surface area contributed by atoms with Gasteiger partial charge in [-0.15, -0.1) is 0 Å². The second kappa shape index (κ2) is 6.35. The Morgan fingerprint density at radius 1 is 1.33 bits per heavy atom. The zero-order valence-corrected chi connectivity index (χ0v) is 12.4. The molecule has 5 heteroatoms. The number of hydrogen-bond acceptors (Lipinski definition) is 4. The summed E-state index contributed by atoms with van der Waals surface area (Å²) in [6.45, 7) is 4.75. The first-order valence-electron chi connectivity index (χ1n) is 7.62. The first-order valence-corrected chi connectivity index (χ1v) is 7.62. The third-order valence-electron chi connectivity index (χ3n) is 4.07. The number of rotatable bonds is 3. The molecule has 0 bridgehead atoms. The summed E-state index contributed by atoms with van der Waals surface area (Å²) in [6, 6.07) is 6.24. The van der Waals surface area contributed by atoms with Crippen LogP contribution >= 0.6 is 0 Å². The molecule has 1 saturated heterocycles. The number of ether oxygens (including phenoxy) is 2. The molecule has 2 heterocycles. The van der Waals surface area contributed by atoms with Crippen molar-refractivity contribution in [3.63, 3.8) is 0 Å². The highest BCUT2D eigenvalue weighted by Gasteiger charge is 2.24. The van der Waals surface area contributed by atoms with Crippen molar-refractivity contribution in [2.45, 2.75) is 32.4 Å². The molecule has 1 aromatic rings. The maximum absolute atomic E-state index is 12.2. The Hall–Kier alpha value is -1.75. The Labute approximate surface area is 125 Å². The number of benzene rings is 1. The summed E-state index contributed by atoms with van der Waals surface area (Å²) in [6.07, 6.45) is 1.82. The number of fused-ring (bicyclic) bond motifs is 1. The number of piperidine rings is 1. The zero-order valence-electron chi connectivity index (χ0n) is 12.4. The van der Waals surface area contributed by atoms with E-state index < -0.39 is 0 Å². The smallest absolute Gasteiger partial charge is 0.223 e. The van der Waals surface area contributed by atoms with Gasteiger partial charge in [-0.2, -0.15) is 0 Å². The van der Waals surface area contributed by atoms with Crippen molar-refractivity contribution in [2.75, 3.05) is 19.8 Å². The largest absolute Gasteiger partial charge is 0.486 e. The molecule has 1 fully saturated rings. The minimum atomic E-state index is 0.124. The molecule has 0 spiro atoms. The highest BCUT2D eigenvalue weighted by Crippen LogP contribution is 2.30. The summed E-state index contributed by atoms with van der Waals surface area (Å²) in [5.41, 5.74) is 1.04. The van der Waals surface area contributed by atoms with Gasteiger partial charge < -0.3 is 20.1 Å². The van der Waals surface area contributed by atoms with Gasteiger partial charge in [0.25, 0.3) is 0 Å². The van der Waals surface area contributed by atoms with Crippen molar-refractivity contribution in [1.29, 1.82) is 0 Å². The average molecular weight is 290 g/mol. The number of hydrogen-bond donors (Lipinski definition) is 2. The summed E-state index contributed by atoms with van der Waals surface area (Å²) < 4.78 is 11.0. The van der Waals surface area contributed by atoms with Gasteiger partial charge in [0.15, 0.2) is 11.5 Å². The molecular formula is C16H22N2O3. The second-order valence-electron chi connectivity index (χ2n) is 5.77. The molecule has 2 aliphatic heterocycles. The second-order valence-corrected chi connectivity index (χ2v) is 5.77. The fourth-order valence-corrected chi connectivity index (χ4v) is 2.90. The van der Waals surface area contributed by atoms with Gasteiger partial charge in [0.1, 0.15) is 13.2 Å². The lowest BCUT2D eigenvalue weighted by Crippen LogP contribution is -2.42. The summed E-state index contributed by atoms with van der Waals surface area (Å²) in [5.74, 6) is 1.82. The third-order valence-corrected chi connectivity index (χ3v) is 4.07. The molecule has 5 nitrogen and oxygen atoms in total. The van der Waals surface area contributed by atoms with Crippen molar-refractivity contribution < 1.29 is 14.3 Å². The first-order chi connectivity index (χ1) is 10.2. The monoisotopic (exact) mass is 290 g/mol. The van der Waals surface area contributed by atoms with E-state index in [1.165, 1.54) is 0 Å². The van der Waals surface area contributed by atoms with Gasteiger partial charge >= 0.3 is 0 Å². The Kier molecular flexibility index (Phi) is 4.29. The predicted molar refractivity (Wildman–Crippen MR) is 79.5 cm³/mol. The molecule has 2 aliphatic rings. The van der Waals surface area contributed by atoms with Crippen molar-refractivity contribution in [2.24, 2.45) is 5.92 Å². The van der Waals surface area contributed by atoms with E-state index in [1.54, 1.807) is 0 Å². The molecule has 1 amide bonds. The maximum Gasteiger partial charge on any atom is 0.223 e. The standard InChI is InChI=1S/C16H22N2O3/c1-11-8-13(4-5-17-11)16(19)18-10-12-2-3-14-15(9-12)21-7-6-20-14/h2-3,9,11,13,17H,4-8,10H2,1H3,(H,18,19)/t11-,13-/m0/s1. The molecule has 0 saturated carbocycles. The van der Waals surface area contributed by atoms with E-state index in [0.717, 1.165) is 36.4 Å². The molecule has 0 radical (unpaired) electrons. The zero-order chi connectivity index (χ0) is 14.7. The highest BCUT2D eigenvalue weighted by atomic mass is 16.6. The molecule has 0 aromatic heterocycles. The number of carbonyl (C=O) groups is 1. The Balaban J connectivity index is 1.56. The van der Waals surface area contributed by atoms with Gasteiger partial charge in [-0.25, -0.2) is 0 Å². The molecule has 21 heavy (non-hydrogen) atoms. The first kappa shape index (κ1) is 14.2. The maximum atomic E-state index is 12.2. The third kappa shape index (κ3) is 3.47. The molecular weight excluding hydrogens is 268 g/mol. The molecule has 0 unspecified atom stereocenters. The van der Waals surface area contributed by atoms with Gasteiger partial charge in [0.05, 0.1) is 0 Å². The Bertz CT molecular complexity index is 518. The Morgan fingerprint density at radius 3 is 2.95 bits per heavy atom. The van der Waals surface area contributed by atoms with Crippen LogP contribution in [0, 0.1) is 5.92 Å². The van der Waals surface area contributed by atoms with Crippen LogP contribution in [0.2, 0.25) is 0 Å². The van der Waals surface area contributed by atoms with Crippen LogP contribution in [0.3, 0.4) is 0 Å². The lowest BCUT2D eigenvalue weighted by Gasteiger charge is -2.27. The van der Waals surface area contributed by atoms with Crippen LogP contribution in [0.4, 0.5) is 0 Å². The molecule has 2 N–H and O–H groups in total. The molecule has 0 aliphatic carbocycles. The van der Waals surface area contributed by atoms with Crippen LogP contribution in [-0.2, 0) is 11.3 Å². The fraction of sp³-hybridized carbons (Fsp3) is 0.562. The van der Waals surface area contributed by atoms with Crippen LogP contribution in [-0.4, -0.2) is 31.7 Å². The predicted octanol–water partition coefficient (Wildman–Crippen LogP) is 1.46. The van der Waals surface area contributed by atoms with Crippen molar-refractivity contribution in [3.05, 3.63) is 23.8 Å². The van der Waals surface area contributed by atoms with Crippen molar-refractivity contribution >= 4 is 5.91 Å². The van der Waals surface area contributed by atoms with Gasteiger partial charge in [-0.3, -0.25) is 4.79 Å². The van der Waals surface area contributed by atoms with Gasteiger partial charge in [-0.05, 0) is 44.0 Å². The highest BCUT2D eigenvalue weighted by molar-refractivity contribution is 5.78. The van der Waals surface area contributed by atoms with E-state index in [2.05, 4.69) is 17.6 Å². The average Bonchev–Trinajstić information content (AvgIpc) is 2.52. The molecule has 3 rings (SSSR count). The van der Waals surface area contributed by atoms with Crippen LogP contribution < -0.4 is 20.1 Å². The SMILES string of the molecule is C[C@H]1C[C@@H](C(=O)NCc2ccc3c(c2)OCCO3)CCN1. The summed E-state index contributed by atoms with van der Waals surface area (Å²) >= 11 is 0. The summed E-state index contributed by atoms with van der Waals surface area (Å²) in [7, 11) is 0. The Morgan fingerprint density at radius 2 is 2.14 bits per heavy atom.